The van der Waals surface area contributed by atoms with E-state index in [-0.39, 0.29) is 36.2 Å². The molecule has 7 heteroatoms. The first-order chi connectivity index (χ1) is 13.9. The van der Waals surface area contributed by atoms with Crippen molar-refractivity contribution in [2.75, 3.05) is 12.8 Å². The number of carbonyl (C=O) groups is 3. The maximum atomic E-state index is 12.6. The van der Waals surface area contributed by atoms with Crippen LogP contribution < -0.4 is 10.6 Å². The van der Waals surface area contributed by atoms with Crippen molar-refractivity contribution in [2.45, 2.75) is 84.8 Å². The van der Waals surface area contributed by atoms with Gasteiger partial charge >= 0.3 is 0 Å². The molecule has 2 fully saturated rings. The first-order valence-electron chi connectivity index (χ1n) is 10.7. The average Bonchev–Trinajstić information content (AvgIpc) is 3.09. The van der Waals surface area contributed by atoms with Gasteiger partial charge in [-0.1, -0.05) is 40.3 Å². The van der Waals surface area contributed by atoms with Gasteiger partial charge in [0.05, 0.1) is 0 Å². The van der Waals surface area contributed by atoms with Crippen LogP contribution in [0.25, 0.3) is 0 Å². The molecule has 0 spiro atoms. The molecule has 0 saturated carbocycles. The lowest BCUT2D eigenvalue weighted by Gasteiger charge is -2.28. The Morgan fingerprint density at radius 1 is 1.17 bits per heavy atom. The van der Waals surface area contributed by atoms with Crippen molar-refractivity contribution in [3.63, 3.8) is 0 Å². The molecule has 2 saturated heterocycles. The number of nitrogens with one attached hydrogen (secondary N) is 2. The molecule has 0 bridgehead atoms. The summed E-state index contributed by atoms with van der Waals surface area (Å²) in [6.45, 7) is 13.8. The molecule has 29 heavy (non-hydrogen) atoms. The van der Waals surface area contributed by atoms with E-state index in [1.54, 1.807) is 16.7 Å². The van der Waals surface area contributed by atoms with Crippen LogP contribution in [0.2, 0.25) is 0 Å². The minimum atomic E-state index is -0.411. The molecule has 2 heterocycles. The standard InChI is InChI=1S/C18H27N3O3S.2C2H6/c1-12(8-9-25-3)11-19-18(24)16-7-6-15-5-4-14(20-13(2)22)10-17(23)21(15)16;2*1-2/h8-9,14-16H,1,4-7,10-11H2,2-3H3,(H,19,24)(H,20,22);2*1-2H3/b9-8-;;/t14-,15?,16?;;/m0../s1. The maximum Gasteiger partial charge on any atom is 0.243 e. The van der Waals surface area contributed by atoms with E-state index in [4.69, 9.17) is 0 Å². The predicted molar refractivity (Wildman–Crippen MR) is 123 cm³/mol. The summed E-state index contributed by atoms with van der Waals surface area (Å²) in [6, 6.07) is -0.441. The molecular weight excluding hydrogens is 386 g/mol. The van der Waals surface area contributed by atoms with E-state index in [0.717, 1.165) is 24.8 Å². The van der Waals surface area contributed by atoms with Crippen LogP contribution in [0.15, 0.2) is 23.6 Å². The van der Waals surface area contributed by atoms with Gasteiger partial charge in [-0.2, -0.15) is 0 Å². The fourth-order valence-corrected chi connectivity index (χ4v) is 3.89. The Balaban J connectivity index is 0.00000184. The topological polar surface area (TPSA) is 78.5 Å². The molecule has 3 amide bonds. The predicted octanol–water partition coefficient (Wildman–Crippen LogP) is 3.64. The van der Waals surface area contributed by atoms with Crippen molar-refractivity contribution in [1.29, 1.82) is 0 Å². The van der Waals surface area contributed by atoms with Gasteiger partial charge in [-0.15, -0.1) is 11.8 Å². The van der Waals surface area contributed by atoms with Gasteiger partial charge in [0.2, 0.25) is 17.7 Å². The number of hydrogen-bond donors (Lipinski definition) is 2. The second kappa shape index (κ2) is 15.1. The molecule has 0 aliphatic carbocycles. The van der Waals surface area contributed by atoms with Crippen LogP contribution in [0.5, 0.6) is 0 Å². The molecule has 0 aromatic heterocycles. The first-order valence-corrected chi connectivity index (χ1v) is 11.9. The lowest BCUT2D eigenvalue weighted by molar-refractivity contribution is -0.140. The number of nitrogens with zero attached hydrogens (tertiary/aromatic N) is 1. The summed E-state index contributed by atoms with van der Waals surface area (Å²) in [5.41, 5.74) is 0.824. The molecule has 0 aromatic carbocycles. The van der Waals surface area contributed by atoms with Crippen molar-refractivity contribution >= 4 is 29.5 Å². The molecule has 166 valence electrons. The minimum absolute atomic E-state index is 0.0417. The first kappa shape index (κ1) is 27.2. The van der Waals surface area contributed by atoms with Crippen molar-refractivity contribution in [2.24, 2.45) is 0 Å². The Bertz CT molecular complexity index is 578. The zero-order valence-corrected chi connectivity index (χ0v) is 19.7. The van der Waals surface area contributed by atoms with Crippen LogP contribution in [0.3, 0.4) is 0 Å². The summed E-state index contributed by atoms with van der Waals surface area (Å²) in [6.07, 6.45) is 7.23. The molecule has 6 nitrogen and oxygen atoms in total. The van der Waals surface area contributed by atoms with E-state index in [1.165, 1.54) is 6.92 Å². The normalized spacial score (nSPS) is 23.0. The SMILES string of the molecule is C=C(/C=C\SC)CNC(=O)C1CCC2CC[C@H](NC(C)=O)CC(=O)N21.CC.CC. The van der Waals surface area contributed by atoms with E-state index in [0.29, 0.717) is 13.0 Å². The monoisotopic (exact) mass is 425 g/mol. The number of rotatable bonds is 6. The third-order valence-corrected chi connectivity index (χ3v) is 5.11. The number of thioether (sulfide) groups is 1. The molecule has 2 aliphatic heterocycles. The van der Waals surface area contributed by atoms with Gasteiger partial charge in [-0.3, -0.25) is 14.4 Å². The zero-order valence-electron chi connectivity index (χ0n) is 18.9. The highest BCUT2D eigenvalue weighted by molar-refractivity contribution is 8.01. The number of fused-ring (bicyclic) bond motifs is 1. The van der Waals surface area contributed by atoms with Crippen LogP contribution in [0.1, 0.15) is 66.7 Å². The summed E-state index contributed by atoms with van der Waals surface area (Å²) in [5, 5.41) is 7.64. The van der Waals surface area contributed by atoms with Gasteiger partial charge in [0.25, 0.3) is 0 Å². The summed E-state index contributed by atoms with van der Waals surface area (Å²) in [7, 11) is 0. The van der Waals surface area contributed by atoms with Crippen molar-refractivity contribution < 1.29 is 14.4 Å². The van der Waals surface area contributed by atoms with E-state index in [2.05, 4.69) is 17.2 Å². The summed E-state index contributed by atoms with van der Waals surface area (Å²) >= 11 is 1.57. The number of amides is 3. The highest BCUT2D eigenvalue weighted by Gasteiger charge is 2.42. The fraction of sp³-hybridized carbons (Fsp3) is 0.682. The fourth-order valence-electron chi connectivity index (χ4n) is 3.57. The van der Waals surface area contributed by atoms with Crippen LogP contribution in [-0.2, 0) is 14.4 Å². The highest BCUT2D eigenvalue weighted by Crippen LogP contribution is 2.31. The van der Waals surface area contributed by atoms with Gasteiger partial charge in [-0.05, 0) is 42.9 Å². The molecule has 2 aliphatic rings. The van der Waals surface area contributed by atoms with Crippen LogP contribution in [-0.4, -0.2) is 53.5 Å². The molecule has 3 atom stereocenters. The largest absolute Gasteiger partial charge is 0.353 e. The summed E-state index contributed by atoms with van der Waals surface area (Å²) in [5.74, 6) is -0.279. The van der Waals surface area contributed by atoms with Crippen LogP contribution in [0.4, 0.5) is 0 Å². The second-order valence-electron chi connectivity index (χ2n) is 6.64. The highest BCUT2D eigenvalue weighted by atomic mass is 32.2. The van der Waals surface area contributed by atoms with Gasteiger partial charge in [0.15, 0.2) is 0 Å². The smallest absolute Gasteiger partial charge is 0.243 e. The van der Waals surface area contributed by atoms with Crippen LogP contribution in [0, 0.1) is 0 Å². The average molecular weight is 426 g/mol. The second-order valence-corrected chi connectivity index (χ2v) is 7.38. The Labute approximate surface area is 180 Å². The van der Waals surface area contributed by atoms with Crippen molar-refractivity contribution in [3.8, 4) is 0 Å². The van der Waals surface area contributed by atoms with E-state index >= 15 is 0 Å². The summed E-state index contributed by atoms with van der Waals surface area (Å²) in [4.78, 5) is 38.2. The Hall–Kier alpha value is -1.76. The lowest BCUT2D eigenvalue weighted by atomic mass is 10.0. The quantitative estimate of drug-likeness (QED) is 0.637. The van der Waals surface area contributed by atoms with E-state index in [1.807, 2.05) is 45.4 Å². The Morgan fingerprint density at radius 2 is 1.79 bits per heavy atom. The van der Waals surface area contributed by atoms with Gasteiger partial charge < -0.3 is 15.5 Å². The minimum Gasteiger partial charge on any atom is -0.353 e. The summed E-state index contributed by atoms with van der Waals surface area (Å²) < 4.78 is 0. The Kier molecular flexibility index (Phi) is 14.2. The molecule has 0 radical (unpaired) electrons. The zero-order chi connectivity index (χ0) is 22.4. The molecule has 0 aromatic rings. The van der Waals surface area contributed by atoms with Gasteiger partial charge in [-0.25, -0.2) is 0 Å². The number of hydrogen-bond acceptors (Lipinski definition) is 4. The molecular formula is C22H39N3O3S. The van der Waals surface area contributed by atoms with Gasteiger partial charge in [0.1, 0.15) is 6.04 Å². The van der Waals surface area contributed by atoms with Crippen LogP contribution >= 0.6 is 11.8 Å². The third kappa shape index (κ3) is 9.07. The van der Waals surface area contributed by atoms with E-state index in [9.17, 15) is 14.4 Å². The molecule has 2 unspecified atom stereocenters. The maximum absolute atomic E-state index is 12.6. The Morgan fingerprint density at radius 3 is 2.38 bits per heavy atom. The molecule has 2 N–H and O–H groups in total. The lowest BCUT2D eigenvalue weighted by Crippen LogP contribution is -2.49. The third-order valence-electron chi connectivity index (χ3n) is 4.70. The van der Waals surface area contributed by atoms with Gasteiger partial charge in [0, 0.05) is 32.0 Å². The van der Waals surface area contributed by atoms with Crippen molar-refractivity contribution in [3.05, 3.63) is 23.6 Å². The van der Waals surface area contributed by atoms with Crippen molar-refractivity contribution in [1.82, 2.24) is 15.5 Å². The van der Waals surface area contributed by atoms with E-state index < -0.39 is 6.04 Å². The molecule has 2 rings (SSSR count). The number of carbonyl (C=O) groups excluding carboxylic acids is 3.